The van der Waals surface area contributed by atoms with Crippen LogP contribution in [0.25, 0.3) is 0 Å². The molecular weight excluding hydrogens is 198 g/mol. The molecule has 0 aromatic rings. The summed E-state index contributed by atoms with van der Waals surface area (Å²) < 4.78 is 30.5. The van der Waals surface area contributed by atoms with Gasteiger partial charge in [0.05, 0.1) is 22.5 Å². The van der Waals surface area contributed by atoms with Crippen LogP contribution in [0.3, 0.4) is 0 Å². The molecule has 80 valence electrons. The Labute approximate surface area is 77.3 Å². The molecule has 0 saturated heterocycles. The van der Waals surface area contributed by atoms with Gasteiger partial charge in [-0.2, -0.15) is 0 Å². The third kappa shape index (κ3) is 6.91. The van der Waals surface area contributed by atoms with Crippen LogP contribution in [0.15, 0.2) is 0 Å². The molecule has 0 aromatic heterocycles. The second kappa shape index (κ2) is 5.51. The number of aliphatic hydroxyl groups excluding tert-OH is 2. The molecule has 3 N–H and O–H groups in total. The van der Waals surface area contributed by atoms with Crippen LogP contribution in [0, 0.1) is 0 Å². The van der Waals surface area contributed by atoms with Crippen molar-refractivity contribution in [2.24, 2.45) is 0 Å². The van der Waals surface area contributed by atoms with E-state index in [0.29, 0.717) is 6.42 Å². The van der Waals surface area contributed by atoms with Crippen LogP contribution in [0.4, 0.5) is 0 Å². The number of nitrogens with one attached hydrogen (secondary N) is 1. The molecule has 0 aromatic carbocycles. The van der Waals surface area contributed by atoms with Crippen molar-refractivity contribution in [3.63, 3.8) is 0 Å². The summed E-state index contributed by atoms with van der Waals surface area (Å²) in [4.78, 5) is 0. The smallest absolute Gasteiger partial charge is 0.118 e. The first kappa shape index (κ1) is 12.8. The van der Waals surface area contributed by atoms with Gasteiger partial charge in [0.2, 0.25) is 0 Å². The Balaban J connectivity index is 3.93. The topological polar surface area (TPSA) is 110 Å². The van der Waals surface area contributed by atoms with Gasteiger partial charge in [0.1, 0.15) is 6.23 Å². The van der Waals surface area contributed by atoms with Crippen molar-refractivity contribution in [3.05, 3.63) is 0 Å². The summed E-state index contributed by atoms with van der Waals surface area (Å²) in [6, 6.07) is -0.392. The zero-order valence-corrected chi connectivity index (χ0v) is 8.12. The monoisotopic (exact) mass is 212 g/mol. The molecule has 0 bridgehead atoms. The van der Waals surface area contributed by atoms with Crippen LogP contribution in [0.2, 0.25) is 0 Å². The third-order valence-electron chi connectivity index (χ3n) is 1.50. The average Bonchev–Trinajstić information content (AvgIpc) is 1.96. The molecule has 6 nitrogen and oxygen atoms in total. The van der Waals surface area contributed by atoms with E-state index in [-0.39, 0.29) is 6.61 Å². The van der Waals surface area contributed by atoms with Gasteiger partial charge in [-0.1, -0.05) is 6.92 Å². The Bertz CT molecular complexity index is 223. The summed E-state index contributed by atoms with van der Waals surface area (Å²) in [5, 5.41) is 20.1. The van der Waals surface area contributed by atoms with E-state index in [0.717, 1.165) is 0 Å². The Hall–Kier alpha value is -0.210. The molecule has 2 unspecified atom stereocenters. The first-order valence-electron chi connectivity index (χ1n) is 3.87. The summed E-state index contributed by atoms with van der Waals surface area (Å²) in [5.41, 5.74) is 0. The highest BCUT2D eigenvalue weighted by Gasteiger charge is 2.12. The van der Waals surface area contributed by atoms with Gasteiger partial charge < -0.3 is 14.8 Å². The van der Waals surface area contributed by atoms with Crippen molar-refractivity contribution in [3.8, 4) is 0 Å². The van der Waals surface area contributed by atoms with Gasteiger partial charge in [0.25, 0.3) is 0 Å². The minimum Gasteiger partial charge on any atom is -0.748 e. The molecule has 0 rings (SSSR count). The lowest BCUT2D eigenvalue weighted by molar-refractivity contribution is 0.118. The summed E-state index contributed by atoms with van der Waals surface area (Å²) in [5.74, 6) is -0.885. The highest BCUT2D eigenvalue weighted by atomic mass is 32.2. The molecule has 0 aliphatic rings. The van der Waals surface area contributed by atoms with Crippen LogP contribution in [0.1, 0.15) is 13.3 Å². The molecule has 0 radical (unpaired) electrons. The third-order valence-corrected chi connectivity index (χ3v) is 2.23. The van der Waals surface area contributed by atoms with Crippen molar-refractivity contribution in [1.29, 1.82) is 0 Å². The van der Waals surface area contributed by atoms with Crippen molar-refractivity contribution < 1.29 is 23.2 Å². The second-order valence-corrected chi connectivity index (χ2v) is 4.14. The van der Waals surface area contributed by atoms with E-state index in [1.807, 2.05) is 0 Å². The average molecular weight is 212 g/mol. The summed E-state index contributed by atoms with van der Waals surface area (Å²) >= 11 is 0. The van der Waals surface area contributed by atoms with Gasteiger partial charge in [0.15, 0.2) is 0 Å². The normalized spacial score (nSPS) is 16.9. The lowest BCUT2D eigenvalue weighted by Gasteiger charge is -2.20. The molecule has 0 aliphatic heterocycles. The van der Waals surface area contributed by atoms with E-state index < -0.39 is 28.1 Å². The Morgan fingerprint density at radius 1 is 1.54 bits per heavy atom. The van der Waals surface area contributed by atoms with Crippen molar-refractivity contribution in [2.75, 3.05) is 12.4 Å². The standard InChI is InChI=1S/C6H15NO5S/c1-2-5(3-8)7-6(9)4-13(10,11)12/h5-9H,2-4H2,1H3,(H,10,11,12)/p-1. The van der Waals surface area contributed by atoms with Gasteiger partial charge in [-0.25, -0.2) is 8.42 Å². The minimum absolute atomic E-state index is 0.216. The molecule has 0 saturated carbocycles. The van der Waals surface area contributed by atoms with Gasteiger partial charge in [-0.3, -0.25) is 5.32 Å². The molecule has 0 aliphatic carbocycles. The van der Waals surface area contributed by atoms with E-state index in [1.54, 1.807) is 6.92 Å². The molecule has 13 heavy (non-hydrogen) atoms. The summed E-state index contributed by atoms with van der Waals surface area (Å²) in [6.45, 7) is 1.54. The largest absolute Gasteiger partial charge is 0.748 e. The van der Waals surface area contributed by atoms with E-state index in [9.17, 15) is 13.0 Å². The van der Waals surface area contributed by atoms with Crippen LogP contribution in [0.5, 0.6) is 0 Å². The Morgan fingerprint density at radius 2 is 2.08 bits per heavy atom. The van der Waals surface area contributed by atoms with Crippen LogP contribution in [-0.4, -0.2) is 47.8 Å². The number of aliphatic hydroxyl groups is 2. The van der Waals surface area contributed by atoms with E-state index in [1.165, 1.54) is 0 Å². The fourth-order valence-corrected chi connectivity index (χ4v) is 1.30. The minimum atomic E-state index is -4.43. The Kier molecular flexibility index (Phi) is 5.42. The highest BCUT2D eigenvalue weighted by Crippen LogP contribution is 1.93. The highest BCUT2D eigenvalue weighted by molar-refractivity contribution is 7.85. The SMILES string of the molecule is CCC(CO)NC(O)CS(=O)(=O)[O-]. The quantitative estimate of drug-likeness (QED) is 0.354. The number of hydrogen-bond donors (Lipinski definition) is 3. The molecule has 0 heterocycles. The van der Waals surface area contributed by atoms with Crippen molar-refractivity contribution >= 4 is 10.1 Å². The maximum Gasteiger partial charge on any atom is 0.118 e. The van der Waals surface area contributed by atoms with Crippen LogP contribution < -0.4 is 5.32 Å². The van der Waals surface area contributed by atoms with Gasteiger partial charge >= 0.3 is 0 Å². The van der Waals surface area contributed by atoms with Crippen molar-refractivity contribution in [2.45, 2.75) is 25.6 Å². The second-order valence-electron chi connectivity index (χ2n) is 2.69. The predicted molar refractivity (Wildman–Crippen MR) is 44.9 cm³/mol. The first-order valence-corrected chi connectivity index (χ1v) is 5.45. The van der Waals surface area contributed by atoms with Crippen LogP contribution >= 0.6 is 0 Å². The molecule has 0 spiro atoms. The zero-order chi connectivity index (χ0) is 10.5. The van der Waals surface area contributed by atoms with Gasteiger partial charge in [-0.05, 0) is 6.42 Å². The molecule has 0 fully saturated rings. The van der Waals surface area contributed by atoms with Gasteiger partial charge in [0, 0.05) is 6.04 Å². The van der Waals surface area contributed by atoms with E-state index >= 15 is 0 Å². The fraction of sp³-hybridized carbons (Fsp3) is 1.00. The predicted octanol–water partition coefficient (Wildman–Crippen LogP) is -1.79. The summed E-state index contributed by atoms with van der Waals surface area (Å²) in [7, 11) is -4.43. The lowest BCUT2D eigenvalue weighted by Crippen LogP contribution is -2.43. The first-order chi connectivity index (χ1) is 5.89. The summed E-state index contributed by atoms with van der Waals surface area (Å²) in [6.07, 6.45) is -0.883. The van der Waals surface area contributed by atoms with Gasteiger partial charge in [-0.15, -0.1) is 0 Å². The molecule has 7 heteroatoms. The maximum atomic E-state index is 10.2. The molecule has 0 amide bonds. The Morgan fingerprint density at radius 3 is 2.38 bits per heavy atom. The lowest BCUT2D eigenvalue weighted by atomic mass is 10.2. The number of rotatable bonds is 6. The molecular formula is C6H14NO5S-. The van der Waals surface area contributed by atoms with E-state index in [4.69, 9.17) is 10.2 Å². The molecule has 2 atom stereocenters. The van der Waals surface area contributed by atoms with Crippen LogP contribution in [-0.2, 0) is 10.1 Å². The number of hydrogen-bond acceptors (Lipinski definition) is 6. The van der Waals surface area contributed by atoms with Crippen molar-refractivity contribution in [1.82, 2.24) is 5.32 Å². The fourth-order valence-electron chi connectivity index (χ4n) is 0.813. The van der Waals surface area contributed by atoms with E-state index in [2.05, 4.69) is 5.32 Å². The maximum absolute atomic E-state index is 10.2. The zero-order valence-electron chi connectivity index (χ0n) is 7.30.